The number of aryl methyl sites for hydroxylation is 1. The minimum atomic E-state index is -0.722. The number of thiazole rings is 1. The van der Waals surface area contributed by atoms with Gasteiger partial charge in [0.25, 0.3) is 5.91 Å². The number of rotatable bonds is 4. The minimum Gasteiger partial charge on any atom is -0.481 e. The number of carbonyl (C=O) groups is 2. The lowest BCUT2D eigenvalue weighted by Crippen LogP contribution is -2.46. The molecule has 1 aliphatic heterocycles. The van der Waals surface area contributed by atoms with E-state index in [9.17, 15) is 14.7 Å². The molecule has 0 radical (unpaired) electrons. The van der Waals surface area contributed by atoms with E-state index in [1.807, 2.05) is 13.8 Å². The van der Waals surface area contributed by atoms with E-state index in [4.69, 9.17) is 0 Å². The topological polar surface area (TPSA) is 70.5 Å². The van der Waals surface area contributed by atoms with Gasteiger partial charge in [0.15, 0.2) is 0 Å². The summed E-state index contributed by atoms with van der Waals surface area (Å²) in [5.74, 6) is -0.735. The van der Waals surface area contributed by atoms with Gasteiger partial charge in [-0.2, -0.15) is 0 Å². The first-order valence-electron chi connectivity index (χ1n) is 6.93. The zero-order chi connectivity index (χ0) is 14.8. The highest BCUT2D eigenvalue weighted by Crippen LogP contribution is 2.37. The van der Waals surface area contributed by atoms with Crippen molar-refractivity contribution in [3.05, 3.63) is 16.1 Å². The predicted octanol–water partition coefficient (Wildman–Crippen LogP) is 2.56. The van der Waals surface area contributed by atoms with E-state index < -0.39 is 11.4 Å². The van der Waals surface area contributed by atoms with Crippen molar-refractivity contribution in [2.24, 2.45) is 5.41 Å². The maximum Gasteiger partial charge on any atom is 0.309 e. The maximum absolute atomic E-state index is 12.4. The normalized spacial score (nSPS) is 18.0. The number of piperidine rings is 1. The molecule has 0 unspecified atom stereocenters. The molecule has 0 aromatic carbocycles. The lowest BCUT2D eigenvalue weighted by Gasteiger charge is -2.38. The zero-order valence-electron chi connectivity index (χ0n) is 11.9. The van der Waals surface area contributed by atoms with Crippen LogP contribution in [0.15, 0.2) is 5.51 Å². The van der Waals surface area contributed by atoms with Crippen molar-refractivity contribution >= 4 is 23.2 Å². The van der Waals surface area contributed by atoms with Crippen molar-refractivity contribution < 1.29 is 14.7 Å². The van der Waals surface area contributed by atoms with Crippen LogP contribution in [0.1, 0.15) is 48.0 Å². The summed E-state index contributed by atoms with van der Waals surface area (Å²) in [5, 5.41) is 9.46. The third-order valence-electron chi connectivity index (χ3n) is 4.13. The highest BCUT2D eigenvalue weighted by Gasteiger charge is 2.41. The molecule has 110 valence electrons. The van der Waals surface area contributed by atoms with Gasteiger partial charge in [0, 0.05) is 13.1 Å². The van der Waals surface area contributed by atoms with Gasteiger partial charge >= 0.3 is 5.97 Å². The second-order valence-corrected chi connectivity index (χ2v) is 6.25. The van der Waals surface area contributed by atoms with E-state index in [1.165, 1.54) is 11.3 Å². The third kappa shape index (κ3) is 2.70. The molecule has 0 atom stereocenters. The molecule has 1 N–H and O–H groups in total. The van der Waals surface area contributed by atoms with Crippen molar-refractivity contribution in [3.63, 3.8) is 0 Å². The Kier molecular flexibility index (Phi) is 4.42. The Morgan fingerprint density at radius 1 is 1.45 bits per heavy atom. The number of hydrogen-bond donors (Lipinski definition) is 1. The standard InChI is InChI=1S/C14H20N2O3S/c1-3-4-14(13(18)19)5-7-16(8-6-14)12(17)11-10(2)15-9-20-11/h9H,3-8H2,1-2H3,(H,18,19). The Bertz CT molecular complexity index is 504. The van der Waals surface area contributed by atoms with E-state index in [1.54, 1.807) is 10.4 Å². The highest BCUT2D eigenvalue weighted by molar-refractivity contribution is 7.11. The summed E-state index contributed by atoms with van der Waals surface area (Å²) in [7, 11) is 0. The smallest absolute Gasteiger partial charge is 0.309 e. The molecule has 0 aliphatic carbocycles. The number of nitrogens with zero attached hydrogens (tertiary/aromatic N) is 2. The van der Waals surface area contributed by atoms with Gasteiger partial charge in [-0.05, 0) is 26.2 Å². The Balaban J connectivity index is 2.05. The number of carbonyl (C=O) groups excluding carboxylic acids is 1. The monoisotopic (exact) mass is 296 g/mol. The van der Waals surface area contributed by atoms with Crippen molar-refractivity contribution in [1.29, 1.82) is 0 Å². The van der Waals surface area contributed by atoms with E-state index in [0.717, 1.165) is 12.1 Å². The molecule has 20 heavy (non-hydrogen) atoms. The molecular weight excluding hydrogens is 276 g/mol. The Labute approximate surface area is 122 Å². The SMILES string of the molecule is CCCC1(C(=O)O)CCN(C(=O)c2scnc2C)CC1. The van der Waals surface area contributed by atoms with Gasteiger partial charge in [-0.1, -0.05) is 13.3 Å². The Morgan fingerprint density at radius 2 is 2.10 bits per heavy atom. The first kappa shape index (κ1) is 15.0. The van der Waals surface area contributed by atoms with Gasteiger partial charge < -0.3 is 10.0 Å². The summed E-state index contributed by atoms with van der Waals surface area (Å²) in [5.41, 5.74) is 1.78. The Morgan fingerprint density at radius 3 is 2.55 bits per heavy atom. The summed E-state index contributed by atoms with van der Waals surface area (Å²) in [6.07, 6.45) is 2.62. The van der Waals surface area contributed by atoms with Crippen molar-refractivity contribution in [2.75, 3.05) is 13.1 Å². The molecule has 1 fully saturated rings. The number of aromatic nitrogens is 1. The van der Waals surface area contributed by atoms with E-state index in [-0.39, 0.29) is 5.91 Å². The van der Waals surface area contributed by atoms with Crippen LogP contribution in [0, 0.1) is 12.3 Å². The predicted molar refractivity (Wildman–Crippen MR) is 77.0 cm³/mol. The fraction of sp³-hybridized carbons (Fsp3) is 0.643. The number of carboxylic acids is 1. The number of carboxylic acid groups (broad SMARTS) is 1. The van der Waals surface area contributed by atoms with Crippen LogP contribution in [0.4, 0.5) is 0 Å². The largest absolute Gasteiger partial charge is 0.481 e. The number of amides is 1. The number of hydrogen-bond acceptors (Lipinski definition) is 4. The minimum absolute atomic E-state index is 0.0134. The molecule has 6 heteroatoms. The van der Waals surface area contributed by atoms with Crippen LogP contribution in [-0.2, 0) is 4.79 Å². The van der Waals surface area contributed by atoms with Gasteiger partial charge in [-0.15, -0.1) is 11.3 Å². The lowest BCUT2D eigenvalue weighted by molar-refractivity contribution is -0.152. The molecule has 0 saturated carbocycles. The summed E-state index contributed by atoms with van der Waals surface area (Å²) >= 11 is 1.35. The van der Waals surface area contributed by atoms with Crippen LogP contribution in [0.3, 0.4) is 0 Å². The molecule has 1 saturated heterocycles. The summed E-state index contributed by atoms with van der Waals surface area (Å²) in [4.78, 5) is 30.4. The number of aliphatic carboxylic acids is 1. The average Bonchev–Trinajstić information content (AvgIpc) is 2.85. The first-order valence-corrected chi connectivity index (χ1v) is 7.81. The summed E-state index contributed by atoms with van der Waals surface area (Å²) in [6, 6.07) is 0. The van der Waals surface area contributed by atoms with Crippen LogP contribution in [0.25, 0.3) is 0 Å². The van der Waals surface area contributed by atoms with Crippen LogP contribution in [-0.4, -0.2) is 40.0 Å². The van der Waals surface area contributed by atoms with Gasteiger partial charge in [-0.3, -0.25) is 9.59 Å². The molecule has 0 bridgehead atoms. The second kappa shape index (κ2) is 5.91. The highest BCUT2D eigenvalue weighted by atomic mass is 32.1. The average molecular weight is 296 g/mol. The van der Waals surface area contributed by atoms with E-state index in [2.05, 4.69) is 4.98 Å². The molecule has 1 amide bonds. The molecule has 2 heterocycles. The fourth-order valence-corrected chi connectivity index (χ4v) is 3.61. The van der Waals surface area contributed by atoms with E-state index in [0.29, 0.717) is 37.2 Å². The fourth-order valence-electron chi connectivity index (χ4n) is 2.84. The molecule has 0 spiro atoms. The molecular formula is C14H20N2O3S. The van der Waals surface area contributed by atoms with Gasteiger partial charge in [0.1, 0.15) is 4.88 Å². The van der Waals surface area contributed by atoms with Crippen LogP contribution in [0.5, 0.6) is 0 Å². The van der Waals surface area contributed by atoms with Crippen LogP contribution >= 0.6 is 11.3 Å². The van der Waals surface area contributed by atoms with Gasteiger partial charge in [0.2, 0.25) is 0 Å². The summed E-state index contributed by atoms with van der Waals surface area (Å²) in [6.45, 7) is 4.86. The molecule has 2 rings (SSSR count). The lowest BCUT2D eigenvalue weighted by atomic mass is 9.75. The third-order valence-corrected chi connectivity index (χ3v) is 5.05. The maximum atomic E-state index is 12.4. The molecule has 5 nitrogen and oxygen atoms in total. The molecule has 1 aliphatic rings. The first-order chi connectivity index (χ1) is 9.50. The van der Waals surface area contributed by atoms with Crippen molar-refractivity contribution in [3.8, 4) is 0 Å². The van der Waals surface area contributed by atoms with Crippen molar-refractivity contribution in [1.82, 2.24) is 9.88 Å². The van der Waals surface area contributed by atoms with Gasteiger partial charge in [-0.25, -0.2) is 4.98 Å². The van der Waals surface area contributed by atoms with Crippen LogP contribution < -0.4 is 0 Å². The second-order valence-electron chi connectivity index (χ2n) is 5.39. The summed E-state index contributed by atoms with van der Waals surface area (Å²) < 4.78 is 0. The number of likely N-dealkylation sites (tertiary alicyclic amines) is 1. The van der Waals surface area contributed by atoms with Crippen LogP contribution in [0.2, 0.25) is 0 Å². The quantitative estimate of drug-likeness (QED) is 0.927. The Hall–Kier alpha value is -1.43. The molecule has 1 aromatic heterocycles. The van der Waals surface area contributed by atoms with Gasteiger partial charge in [0.05, 0.1) is 16.6 Å². The molecule has 1 aromatic rings. The zero-order valence-corrected chi connectivity index (χ0v) is 12.7. The van der Waals surface area contributed by atoms with Crippen molar-refractivity contribution in [2.45, 2.75) is 39.5 Å². The van der Waals surface area contributed by atoms with E-state index >= 15 is 0 Å².